The Morgan fingerprint density at radius 3 is 2.63 bits per heavy atom. The smallest absolute Gasteiger partial charge is 0.335 e. The van der Waals surface area contributed by atoms with Crippen LogP contribution in [0.15, 0.2) is 67.0 Å². The first-order valence-corrected chi connectivity index (χ1v) is 9.40. The molecule has 3 heterocycles. The molecule has 5 aromatic rings. The van der Waals surface area contributed by atoms with Crippen molar-refractivity contribution in [3.05, 3.63) is 78.1 Å². The van der Waals surface area contributed by atoms with Crippen LogP contribution in [-0.2, 0) is 0 Å². The zero-order valence-electron chi connectivity index (χ0n) is 16.0. The average Bonchev–Trinajstić information content (AvgIpc) is 3.14. The fourth-order valence-electron chi connectivity index (χ4n) is 3.59. The quantitative estimate of drug-likeness (QED) is 0.373. The van der Waals surface area contributed by atoms with E-state index in [4.69, 9.17) is 4.98 Å². The molecule has 0 spiro atoms. The number of carboxylic acid groups (broad SMARTS) is 1. The topological polar surface area (TPSA) is 104 Å². The normalized spacial score (nSPS) is 11.1. The van der Waals surface area contributed by atoms with Crippen LogP contribution >= 0.6 is 0 Å². The number of rotatable bonds is 4. The fourth-order valence-corrected chi connectivity index (χ4v) is 3.59. The van der Waals surface area contributed by atoms with Crippen molar-refractivity contribution in [3.63, 3.8) is 0 Å². The maximum absolute atomic E-state index is 11.4. The number of aromatic carboxylic acids is 1. The molecule has 0 aliphatic rings. The number of H-pyrrole nitrogens is 1. The Labute approximate surface area is 171 Å². The molecule has 0 saturated carbocycles. The van der Waals surface area contributed by atoms with E-state index in [0.29, 0.717) is 17.2 Å². The SMILES string of the molecule is Cc1c(Nc2nc3cc(C(=O)O)ccc3c3cnccc23)n[nH]c1-c1ccccc1. The first-order chi connectivity index (χ1) is 14.6. The van der Waals surface area contributed by atoms with Crippen LogP contribution in [0.5, 0.6) is 0 Å². The molecule has 7 nitrogen and oxygen atoms in total. The molecule has 0 unspecified atom stereocenters. The molecule has 0 aliphatic carbocycles. The zero-order valence-corrected chi connectivity index (χ0v) is 16.0. The lowest BCUT2D eigenvalue weighted by Crippen LogP contribution is -2.00. The van der Waals surface area contributed by atoms with E-state index < -0.39 is 5.97 Å². The van der Waals surface area contributed by atoms with Crippen LogP contribution in [0.1, 0.15) is 15.9 Å². The van der Waals surface area contributed by atoms with Crippen LogP contribution in [-0.4, -0.2) is 31.2 Å². The lowest BCUT2D eigenvalue weighted by atomic mass is 10.1. The summed E-state index contributed by atoms with van der Waals surface area (Å²) < 4.78 is 0. The van der Waals surface area contributed by atoms with Gasteiger partial charge in [0.1, 0.15) is 5.82 Å². The van der Waals surface area contributed by atoms with Gasteiger partial charge in [-0.25, -0.2) is 9.78 Å². The summed E-state index contributed by atoms with van der Waals surface area (Å²) in [4.78, 5) is 20.3. The molecule has 0 bridgehead atoms. The Bertz CT molecular complexity index is 1410. The second-order valence-electron chi connectivity index (χ2n) is 6.98. The molecule has 0 amide bonds. The summed E-state index contributed by atoms with van der Waals surface area (Å²) in [6.45, 7) is 1.99. The number of carbonyl (C=O) groups is 1. The van der Waals surface area contributed by atoms with Crippen molar-refractivity contribution < 1.29 is 9.90 Å². The van der Waals surface area contributed by atoms with Crippen LogP contribution in [0, 0.1) is 6.92 Å². The largest absolute Gasteiger partial charge is 0.478 e. The van der Waals surface area contributed by atoms with Gasteiger partial charge >= 0.3 is 5.97 Å². The third-order valence-electron chi connectivity index (χ3n) is 5.15. The number of nitrogens with zero attached hydrogens (tertiary/aromatic N) is 3. The van der Waals surface area contributed by atoms with Crippen molar-refractivity contribution in [1.82, 2.24) is 20.2 Å². The number of benzene rings is 2. The van der Waals surface area contributed by atoms with Gasteiger partial charge in [0, 0.05) is 34.1 Å². The Kier molecular flexibility index (Phi) is 4.14. The molecule has 30 heavy (non-hydrogen) atoms. The van der Waals surface area contributed by atoms with Gasteiger partial charge in [-0.05, 0) is 30.7 Å². The van der Waals surface area contributed by atoms with E-state index in [1.54, 1.807) is 30.6 Å². The van der Waals surface area contributed by atoms with Crippen LogP contribution in [0.25, 0.3) is 32.9 Å². The van der Waals surface area contributed by atoms with E-state index in [-0.39, 0.29) is 5.56 Å². The van der Waals surface area contributed by atoms with Gasteiger partial charge in [0.05, 0.1) is 16.8 Å². The van der Waals surface area contributed by atoms with E-state index in [9.17, 15) is 9.90 Å². The van der Waals surface area contributed by atoms with Gasteiger partial charge in [-0.15, -0.1) is 0 Å². The molecule has 0 fully saturated rings. The van der Waals surface area contributed by atoms with Crippen molar-refractivity contribution in [3.8, 4) is 11.3 Å². The predicted molar refractivity (Wildman–Crippen MR) is 116 cm³/mol. The third kappa shape index (κ3) is 2.93. The van der Waals surface area contributed by atoms with Crippen molar-refractivity contribution in [1.29, 1.82) is 0 Å². The lowest BCUT2D eigenvalue weighted by Gasteiger charge is -2.11. The van der Waals surface area contributed by atoms with Gasteiger partial charge < -0.3 is 10.4 Å². The van der Waals surface area contributed by atoms with Gasteiger partial charge in [0.25, 0.3) is 0 Å². The van der Waals surface area contributed by atoms with Crippen molar-refractivity contribution >= 4 is 39.3 Å². The van der Waals surface area contributed by atoms with Gasteiger partial charge in [-0.3, -0.25) is 10.1 Å². The lowest BCUT2D eigenvalue weighted by molar-refractivity contribution is 0.0697. The van der Waals surface area contributed by atoms with E-state index in [1.165, 1.54) is 0 Å². The Morgan fingerprint density at radius 1 is 1.00 bits per heavy atom. The fraction of sp³-hybridized carbons (Fsp3) is 0.0435. The van der Waals surface area contributed by atoms with Crippen LogP contribution in [0.2, 0.25) is 0 Å². The van der Waals surface area contributed by atoms with E-state index in [0.717, 1.165) is 33.0 Å². The van der Waals surface area contributed by atoms with Crippen molar-refractivity contribution in [2.75, 3.05) is 5.32 Å². The number of anilines is 2. The molecule has 146 valence electrons. The van der Waals surface area contributed by atoms with E-state index in [1.807, 2.05) is 43.3 Å². The predicted octanol–water partition coefficient (Wildman–Crippen LogP) is 4.92. The highest BCUT2D eigenvalue weighted by molar-refractivity contribution is 6.11. The summed E-state index contributed by atoms with van der Waals surface area (Å²) in [7, 11) is 0. The molecule has 5 rings (SSSR count). The standard InChI is InChI=1S/C23H17N5O2/c1-13-20(14-5-3-2-4-6-14)27-28-21(13)26-22-17-9-10-24-12-18(17)16-8-7-15(23(29)30)11-19(16)25-22/h2-12H,1H3,(H,29,30)(H2,25,26,27,28). The van der Waals surface area contributed by atoms with Gasteiger partial charge in [0.2, 0.25) is 0 Å². The highest BCUT2D eigenvalue weighted by atomic mass is 16.4. The highest BCUT2D eigenvalue weighted by Crippen LogP contribution is 2.33. The summed E-state index contributed by atoms with van der Waals surface area (Å²) in [5.41, 5.74) is 3.70. The Morgan fingerprint density at radius 2 is 1.83 bits per heavy atom. The van der Waals surface area contributed by atoms with Gasteiger partial charge in [0.15, 0.2) is 5.82 Å². The zero-order chi connectivity index (χ0) is 20.7. The summed E-state index contributed by atoms with van der Waals surface area (Å²) >= 11 is 0. The maximum atomic E-state index is 11.4. The van der Waals surface area contributed by atoms with Crippen molar-refractivity contribution in [2.24, 2.45) is 0 Å². The number of hydrogen-bond acceptors (Lipinski definition) is 5. The second-order valence-corrected chi connectivity index (χ2v) is 6.98. The van der Waals surface area contributed by atoms with Crippen molar-refractivity contribution in [2.45, 2.75) is 6.92 Å². The third-order valence-corrected chi connectivity index (χ3v) is 5.15. The van der Waals surface area contributed by atoms with Gasteiger partial charge in [-0.1, -0.05) is 36.4 Å². The van der Waals surface area contributed by atoms with Gasteiger partial charge in [-0.2, -0.15) is 5.10 Å². The Hall–Kier alpha value is -4.26. The number of fused-ring (bicyclic) bond motifs is 3. The summed E-state index contributed by atoms with van der Waals surface area (Å²) in [5.74, 6) is 0.264. The minimum atomic E-state index is -0.991. The van der Waals surface area contributed by atoms with Crippen LogP contribution in [0.3, 0.4) is 0 Å². The molecule has 7 heteroatoms. The number of nitrogens with one attached hydrogen (secondary N) is 2. The minimum absolute atomic E-state index is 0.187. The molecular formula is C23H17N5O2. The maximum Gasteiger partial charge on any atom is 0.335 e. The molecule has 3 aromatic heterocycles. The summed E-state index contributed by atoms with van der Waals surface area (Å²) in [6, 6.07) is 16.8. The second kappa shape index (κ2) is 6.97. The summed E-state index contributed by atoms with van der Waals surface area (Å²) in [5, 5.41) is 22.8. The minimum Gasteiger partial charge on any atom is -0.478 e. The monoisotopic (exact) mass is 395 g/mol. The molecule has 0 aliphatic heterocycles. The van der Waals surface area contributed by atoms with E-state index >= 15 is 0 Å². The van der Waals surface area contributed by atoms with Crippen LogP contribution in [0.4, 0.5) is 11.6 Å². The number of carboxylic acids is 1. The number of pyridine rings is 2. The molecule has 3 N–H and O–H groups in total. The van der Waals surface area contributed by atoms with Crippen LogP contribution < -0.4 is 5.32 Å². The molecule has 2 aromatic carbocycles. The average molecular weight is 395 g/mol. The highest BCUT2D eigenvalue weighted by Gasteiger charge is 2.15. The molecule has 0 radical (unpaired) electrons. The number of aromatic nitrogens is 4. The molecular weight excluding hydrogens is 378 g/mol. The summed E-state index contributed by atoms with van der Waals surface area (Å²) in [6.07, 6.45) is 3.47. The van der Waals surface area contributed by atoms with E-state index in [2.05, 4.69) is 20.5 Å². The first kappa shape index (κ1) is 17.8. The number of aromatic amines is 1. The molecule has 0 saturated heterocycles. The Balaban J connectivity index is 1.65. The first-order valence-electron chi connectivity index (χ1n) is 9.40. The molecule has 0 atom stereocenters. The number of hydrogen-bond donors (Lipinski definition) is 3.